The molecule has 0 unspecified atom stereocenters. The van der Waals surface area contributed by atoms with Crippen LogP contribution in [0.1, 0.15) is 37.7 Å². The molecule has 0 aromatic heterocycles. The molecule has 2 N–H and O–H groups in total. The van der Waals surface area contributed by atoms with Crippen LogP contribution in [0.4, 0.5) is 0 Å². The highest BCUT2D eigenvalue weighted by Gasteiger charge is 2.34. The number of carbonyl (C=O) groups is 1. The summed E-state index contributed by atoms with van der Waals surface area (Å²) in [6.07, 6.45) is 5.09. The zero-order chi connectivity index (χ0) is 19.1. The highest BCUT2D eigenvalue weighted by Crippen LogP contribution is 2.34. The van der Waals surface area contributed by atoms with Gasteiger partial charge >= 0.3 is 0 Å². The molecule has 0 bridgehead atoms. The maximum Gasteiger partial charge on any atom is 0.234 e. The summed E-state index contributed by atoms with van der Waals surface area (Å²) in [5.41, 5.74) is 0.138. The van der Waals surface area contributed by atoms with Gasteiger partial charge < -0.3 is 20.1 Å². The van der Waals surface area contributed by atoms with Crippen molar-refractivity contribution in [1.82, 2.24) is 15.1 Å². The second kappa shape index (κ2) is 9.53. The van der Waals surface area contributed by atoms with Crippen molar-refractivity contribution in [2.75, 3.05) is 52.9 Å². The summed E-state index contributed by atoms with van der Waals surface area (Å²) in [6, 6.07) is 7.72. The van der Waals surface area contributed by atoms with E-state index in [1.807, 2.05) is 24.3 Å². The van der Waals surface area contributed by atoms with Gasteiger partial charge in [0.1, 0.15) is 5.75 Å². The van der Waals surface area contributed by atoms with Crippen molar-refractivity contribution in [1.29, 1.82) is 0 Å². The lowest BCUT2D eigenvalue weighted by atomic mass is 9.84. The zero-order valence-electron chi connectivity index (χ0n) is 16.5. The van der Waals surface area contributed by atoms with Gasteiger partial charge in [-0.2, -0.15) is 0 Å². The summed E-state index contributed by atoms with van der Waals surface area (Å²) >= 11 is 0. The number of likely N-dealkylation sites (tertiary alicyclic amines) is 2. The molecule has 0 aliphatic carbocycles. The summed E-state index contributed by atoms with van der Waals surface area (Å²) in [5.74, 6) is 0.904. The fraction of sp³-hybridized carbons (Fsp3) is 0.667. The second-order valence-corrected chi connectivity index (χ2v) is 7.79. The Kier molecular flexibility index (Phi) is 7.10. The molecule has 2 heterocycles. The van der Waals surface area contributed by atoms with Gasteiger partial charge in [-0.1, -0.05) is 18.6 Å². The number of carbonyl (C=O) groups excluding carboxylic acids is 1. The van der Waals surface area contributed by atoms with Crippen LogP contribution in [0.25, 0.3) is 0 Å². The van der Waals surface area contributed by atoms with E-state index in [1.165, 1.54) is 19.3 Å². The summed E-state index contributed by atoms with van der Waals surface area (Å²) in [6.45, 7) is 5.77. The molecule has 0 saturated carbocycles. The Morgan fingerprint density at radius 3 is 2.59 bits per heavy atom. The molecule has 27 heavy (non-hydrogen) atoms. The number of aliphatic hydroxyl groups is 1. The molecule has 0 spiro atoms. The van der Waals surface area contributed by atoms with E-state index in [-0.39, 0.29) is 5.91 Å². The van der Waals surface area contributed by atoms with Gasteiger partial charge in [-0.15, -0.1) is 0 Å². The van der Waals surface area contributed by atoms with Crippen LogP contribution in [-0.2, 0) is 10.4 Å². The van der Waals surface area contributed by atoms with Crippen LogP contribution in [-0.4, -0.2) is 73.7 Å². The fourth-order valence-corrected chi connectivity index (χ4v) is 4.08. The SMILES string of the molecule is COc1cccc(C2(O)CCN(CCNC(=O)CN3CCCCC3)CC2)c1. The molecule has 0 radical (unpaired) electrons. The first-order valence-electron chi connectivity index (χ1n) is 10.2. The number of amides is 1. The average molecular weight is 376 g/mol. The molecule has 1 aromatic rings. The van der Waals surface area contributed by atoms with Gasteiger partial charge in [-0.25, -0.2) is 0 Å². The Bertz CT molecular complexity index is 608. The normalized spacial score (nSPS) is 21.0. The third kappa shape index (κ3) is 5.67. The predicted molar refractivity (Wildman–Crippen MR) is 106 cm³/mol. The van der Waals surface area contributed by atoms with Gasteiger partial charge in [0.2, 0.25) is 5.91 Å². The number of hydrogen-bond acceptors (Lipinski definition) is 5. The Balaban J connectivity index is 1.38. The molecule has 0 atom stereocenters. The van der Waals surface area contributed by atoms with Crippen molar-refractivity contribution < 1.29 is 14.6 Å². The van der Waals surface area contributed by atoms with E-state index in [1.54, 1.807) is 7.11 Å². The molecule has 1 aromatic carbocycles. The quantitative estimate of drug-likeness (QED) is 0.758. The number of benzene rings is 1. The van der Waals surface area contributed by atoms with Crippen LogP contribution in [0.5, 0.6) is 5.75 Å². The Morgan fingerprint density at radius 2 is 1.89 bits per heavy atom. The Morgan fingerprint density at radius 1 is 1.15 bits per heavy atom. The molecule has 3 rings (SSSR count). The van der Waals surface area contributed by atoms with Crippen molar-refractivity contribution in [2.45, 2.75) is 37.7 Å². The van der Waals surface area contributed by atoms with Gasteiger partial charge in [0, 0.05) is 26.2 Å². The molecule has 2 aliphatic rings. The highest BCUT2D eigenvalue weighted by molar-refractivity contribution is 5.78. The van der Waals surface area contributed by atoms with E-state index in [0.29, 0.717) is 25.9 Å². The third-order valence-corrected chi connectivity index (χ3v) is 5.86. The van der Waals surface area contributed by atoms with Crippen LogP contribution >= 0.6 is 0 Å². The number of hydrogen-bond donors (Lipinski definition) is 2. The van der Waals surface area contributed by atoms with Crippen molar-refractivity contribution in [3.05, 3.63) is 29.8 Å². The van der Waals surface area contributed by atoms with Crippen molar-refractivity contribution >= 4 is 5.91 Å². The topological polar surface area (TPSA) is 65.0 Å². The summed E-state index contributed by atoms with van der Waals surface area (Å²) in [7, 11) is 1.64. The van der Waals surface area contributed by atoms with E-state index in [4.69, 9.17) is 4.74 Å². The van der Waals surface area contributed by atoms with E-state index < -0.39 is 5.60 Å². The number of nitrogens with one attached hydrogen (secondary N) is 1. The first-order chi connectivity index (χ1) is 13.1. The minimum Gasteiger partial charge on any atom is -0.497 e. The van der Waals surface area contributed by atoms with Gasteiger partial charge in [0.15, 0.2) is 0 Å². The maximum absolute atomic E-state index is 12.1. The van der Waals surface area contributed by atoms with E-state index in [2.05, 4.69) is 15.1 Å². The number of ether oxygens (including phenoxy) is 1. The van der Waals surface area contributed by atoms with Gasteiger partial charge in [-0.3, -0.25) is 9.69 Å². The van der Waals surface area contributed by atoms with Crippen LogP contribution in [0.2, 0.25) is 0 Å². The molecular formula is C21H33N3O3. The van der Waals surface area contributed by atoms with Gasteiger partial charge in [0.25, 0.3) is 0 Å². The minimum absolute atomic E-state index is 0.127. The molecule has 6 heteroatoms. The smallest absolute Gasteiger partial charge is 0.234 e. The van der Waals surface area contributed by atoms with E-state index in [9.17, 15) is 9.90 Å². The van der Waals surface area contributed by atoms with Crippen molar-refractivity contribution in [2.24, 2.45) is 0 Å². The predicted octanol–water partition coefficient (Wildman–Crippen LogP) is 1.58. The number of nitrogens with zero attached hydrogens (tertiary/aromatic N) is 2. The molecule has 150 valence electrons. The third-order valence-electron chi connectivity index (χ3n) is 5.86. The number of rotatable bonds is 7. The first kappa shape index (κ1) is 20.1. The second-order valence-electron chi connectivity index (χ2n) is 7.79. The molecule has 2 aliphatic heterocycles. The first-order valence-corrected chi connectivity index (χ1v) is 10.2. The zero-order valence-corrected chi connectivity index (χ0v) is 16.5. The minimum atomic E-state index is -0.789. The van der Waals surface area contributed by atoms with Crippen LogP contribution in [0.3, 0.4) is 0 Å². The lowest BCUT2D eigenvalue weighted by Gasteiger charge is -2.38. The molecular weight excluding hydrogens is 342 g/mol. The Hall–Kier alpha value is -1.63. The molecule has 2 saturated heterocycles. The molecule has 6 nitrogen and oxygen atoms in total. The summed E-state index contributed by atoms with van der Waals surface area (Å²) < 4.78 is 5.28. The maximum atomic E-state index is 12.1. The van der Waals surface area contributed by atoms with E-state index >= 15 is 0 Å². The highest BCUT2D eigenvalue weighted by atomic mass is 16.5. The van der Waals surface area contributed by atoms with E-state index in [0.717, 1.165) is 44.0 Å². The number of methoxy groups -OCH3 is 1. The molecule has 2 fully saturated rings. The van der Waals surface area contributed by atoms with Crippen LogP contribution < -0.4 is 10.1 Å². The largest absolute Gasteiger partial charge is 0.497 e. The summed E-state index contributed by atoms with van der Waals surface area (Å²) in [4.78, 5) is 16.6. The lowest BCUT2D eigenvalue weighted by Crippen LogP contribution is -2.46. The van der Waals surface area contributed by atoms with Crippen molar-refractivity contribution in [3.63, 3.8) is 0 Å². The van der Waals surface area contributed by atoms with Gasteiger partial charge in [-0.05, 0) is 56.5 Å². The van der Waals surface area contributed by atoms with Crippen LogP contribution in [0, 0.1) is 0 Å². The monoisotopic (exact) mass is 375 g/mol. The summed E-state index contributed by atoms with van der Waals surface area (Å²) in [5, 5.41) is 14.1. The van der Waals surface area contributed by atoms with Crippen LogP contribution in [0.15, 0.2) is 24.3 Å². The fourth-order valence-electron chi connectivity index (χ4n) is 4.08. The van der Waals surface area contributed by atoms with Gasteiger partial charge in [0.05, 0.1) is 19.3 Å². The Labute approximate surface area is 162 Å². The number of piperidine rings is 2. The standard InChI is InChI=1S/C21H33N3O3/c1-27-19-7-5-6-18(16-19)21(26)8-13-23(14-9-21)15-10-22-20(25)17-24-11-3-2-4-12-24/h5-7,16,26H,2-4,8-15,17H2,1H3,(H,22,25). The average Bonchev–Trinajstić information content (AvgIpc) is 2.70. The molecule has 1 amide bonds. The lowest BCUT2D eigenvalue weighted by molar-refractivity contribution is -0.122. The van der Waals surface area contributed by atoms with Crippen molar-refractivity contribution in [3.8, 4) is 5.75 Å².